The van der Waals surface area contributed by atoms with Gasteiger partial charge in [-0.3, -0.25) is 0 Å². The van der Waals surface area contributed by atoms with Crippen molar-refractivity contribution in [1.82, 2.24) is 4.57 Å². The lowest BCUT2D eigenvalue weighted by molar-refractivity contribution is 1.18. The van der Waals surface area contributed by atoms with Gasteiger partial charge in [-0.15, -0.1) is 0 Å². The van der Waals surface area contributed by atoms with Gasteiger partial charge in [0, 0.05) is 33.4 Å². The molecule has 0 unspecified atom stereocenters. The smallest absolute Gasteiger partial charge is 0.0541 e. The van der Waals surface area contributed by atoms with Crippen LogP contribution < -0.4 is 4.90 Å². The minimum absolute atomic E-state index is 1.07. The molecule has 14 rings (SSSR count). The number of aromatic nitrogens is 1. The maximum absolute atomic E-state index is 2.46. The van der Waals surface area contributed by atoms with Crippen LogP contribution in [0.25, 0.3) is 115 Å². The normalized spacial score (nSPS) is 11.6. The van der Waals surface area contributed by atoms with Crippen LogP contribution in [0.15, 0.2) is 279 Å². The highest BCUT2D eigenvalue weighted by Gasteiger charge is 2.22. The van der Waals surface area contributed by atoms with Gasteiger partial charge in [-0.2, -0.15) is 0 Å². The standard InChI is InChI=1S/C70H46N2/c1-2-18-47(19-3-1)48-34-38-52(39-35-48)71(53-40-36-49(37-41-53)65-44-50-20-4-6-22-55(50)57-24-8-10-26-59(57)65)54-42-43-61(67(46-54)66-45-51-21-5-7-23-56(51)58-25-9-11-27-60(58)66)62-28-12-15-31-68(62)72-69-32-16-13-29-63(69)64-30-14-17-33-70(64)72/h1-46H. The molecule has 0 spiro atoms. The van der Waals surface area contributed by atoms with Crippen LogP contribution in [0.2, 0.25) is 0 Å². The zero-order valence-electron chi connectivity index (χ0n) is 39.5. The lowest BCUT2D eigenvalue weighted by atomic mass is 9.88. The maximum Gasteiger partial charge on any atom is 0.0541 e. The van der Waals surface area contributed by atoms with Crippen molar-refractivity contribution >= 4 is 82.0 Å². The van der Waals surface area contributed by atoms with Gasteiger partial charge in [0.1, 0.15) is 0 Å². The second-order valence-electron chi connectivity index (χ2n) is 18.8. The summed E-state index contributed by atoms with van der Waals surface area (Å²) in [6.07, 6.45) is 0. The van der Waals surface area contributed by atoms with Crippen LogP contribution in [0.5, 0.6) is 0 Å². The molecule has 72 heavy (non-hydrogen) atoms. The highest BCUT2D eigenvalue weighted by atomic mass is 15.1. The first-order valence-corrected chi connectivity index (χ1v) is 24.8. The van der Waals surface area contributed by atoms with Crippen molar-refractivity contribution in [2.75, 3.05) is 4.90 Å². The van der Waals surface area contributed by atoms with E-state index in [-0.39, 0.29) is 0 Å². The first-order valence-electron chi connectivity index (χ1n) is 24.8. The number of hydrogen-bond acceptors (Lipinski definition) is 1. The van der Waals surface area contributed by atoms with Gasteiger partial charge in [-0.05, 0) is 149 Å². The molecule has 0 aliphatic heterocycles. The second kappa shape index (κ2) is 17.2. The number of hydrogen-bond donors (Lipinski definition) is 0. The van der Waals surface area contributed by atoms with Gasteiger partial charge >= 0.3 is 0 Å². The fourth-order valence-corrected chi connectivity index (χ4v) is 11.4. The maximum atomic E-state index is 2.46. The largest absolute Gasteiger partial charge is 0.310 e. The first kappa shape index (κ1) is 41.5. The van der Waals surface area contributed by atoms with Crippen molar-refractivity contribution in [1.29, 1.82) is 0 Å². The Hall–Kier alpha value is -9.50. The molecule has 0 radical (unpaired) electrons. The molecule has 0 N–H and O–H groups in total. The SMILES string of the molecule is c1ccc(-c2ccc(N(c3ccc(-c4cc5ccccc5c5ccccc45)cc3)c3ccc(-c4ccccc4-n4c5ccccc5c5ccccc54)c(-c4cc5ccccc5c5ccccc45)c3)cc2)cc1. The van der Waals surface area contributed by atoms with E-state index in [4.69, 9.17) is 0 Å². The number of para-hydroxylation sites is 3. The number of fused-ring (bicyclic) bond motifs is 9. The van der Waals surface area contributed by atoms with Crippen LogP contribution in [-0.4, -0.2) is 4.57 Å². The highest BCUT2D eigenvalue weighted by molar-refractivity contribution is 6.16. The quantitative estimate of drug-likeness (QED) is 0.138. The molecule has 1 aromatic heterocycles. The minimum Gasteiger partial charge on any atom is -0.310 e. The Labute approximate surface area is 418 Å². The third-order valence-corrected chi connectivity index (χ3v) is 14.8. The van der Waals surface area contributed by atoms with Crippen LogP contribution in [-0.2, 0) is 0 Å². The molecule has 2 heteroatoms. The van der Waals surface area contributed by atoms with Crippen LogP contribution in [0, 0.1) is 0 Å². The number of nitrogens with zero attached hydrogens (tertiary/aromatic N) is 2. The summed E-state index contributed by atoms with van der Waals surface area (Å²) in [6.45, 7) is 0. The summed E-state index contributed by atoms with van der Waals surface area (Å²) >= 11 is 0. The fourth-order valence-electron chi connectivity index (χ4n) is 11.4. The second-order valence-corrected chi connectivity index (χ2v) is 18.8. The predicted molar refractivity (Wildman–Crippen MR) is 307 cm³/mol. The molecule has 0 atom stereocenters. The van der Waals surface area contributed by atoms with Crippen molar-refractivity contribution < 1.29 is 0 Å². The molecular formula is C70H46N2. The molecule has 2 nitrogen and oxygen atoms in total. The number of rotatable bonds is 8. The van der Waals surface area contributed by atoms with E-state index in [0.717, 1.165) is 39.4 Å². The number of benzene rings is 13. The summed E-state index contributed by atoms with van der Waals surface area (Å²) in [7, 11) is 0. The number of anilines is 3. The molecule has 0 fully saturated rings. The molecule has 0 saturated heterocycles. The molecule has 336 valence electrons. The average molecular weight is 915 g/mol. The molecular weight excluding hydrogens is 869 g/mol. The monoisotopic (exact) mass is 914 g/mol. The van der Waals surface area contributed by atoms with E-state index in [9.17, 15) is 0 Å². The van der Waals surface area contributed by atoms with Crippen LogP contribution in [0.4, 0.5) is 17.1 Å². The first-order chi connectivity index (χ1) is 35.7. The van der Waals surface area contributed by atoms with Crippen LogP contribution in [0.1, 0.15) is 0 Å². The lowest BCUT2D eigenvalue weighted by Crippen LogP contribution is -2.10. The van der Waals surface area contributed by atoms with Gasteiger partial charge in [-0.1, -0.05) is 212 Å². The predicted octanol–water partition coefficient (Wildman–Crippen LogP) is 19.5. The Kier molecular flexibility index (Phi) is 9.89. The van der Waals surface area contributed by atoms with E-state index in [1.54, 1.807) is 0 Å². The molecule has 0 saturated carbocycles. The van der Waals surface area contributed by atoms with Crippen LogP contribution >= 0.6 is 0 Å². The highest BCUT2D eigenvalue weighted by Crippen LogP contribution is 2.47. The topological polar surface area (TPSA) is 8.17 Å². The zero-order valence-corrected chi connectivity index (χ0v) is 39.5. The van der Waals surface area contributed by atoms with Gasteiger partial charge in [-0.25, -0.2) is 0 Å². The van der Waals surface area contributed by atoms with Crippen LogP contribution in [0.3, 0.4) is 0 Å². The van der Waals surface area contributed by atoms with Crippen molar-refractivity contribution in [3.8, 4) is 50.2 Å². The lowest BCUT2D eigenvalue weighted by Gasteiger charge is -2.28. The van der Waals surface area contributed by atoms with Gasteiger partial charge in [0.25, 0.3) is 0 Å². The van der Waals surface area contributed by atoms with E-state index in [1.807, 2.05) is 0 Å². The van der Waals surface area contributed by atoms with Crippen molar-refractivity contribution in [3.63, 3.8) is 0 Å². The molecule has 13 aromatic carbocycles. The fraction of sp³-hybridized carbons (Fsp3) is 0. The summed E-state index contributed by atoms with van der Waals surface area (Å²) in [5.74, 6) is 0. The van der Waals surface area contributed by atoms with E-state index in [0.29, 0.717) is 0 Å². The molecule has 1 heterocycles. The summed E-state index contributed by atoms with van der Waals surface area (Å²) in [6, 6.07) is 103. The molecule has 14 aromatic rings. The third kappa shape index (κ3) is 6.88. The van der Waals surface area contributed by atoms with E-state index < -0.39 is 0 Å². The van der Waals surface area contributed by atoms with E-state index in [2.05, 4.69) is 289 Å². The Morgan fingerprint density at radius 2 is 0.653 bits per heavy atom. The minimum atomic E-state index is 1.07. The summed E-state index contributed by atoms with van der Waals surface area (Å²) in [5.41, 5.74) is 16.2. The Balaban J connectivity index is 1.01. The van der Waals surface area contributed by atoms with Crippen molar-refractivity contribution in [3.05, 3.63) is 279 Å². The Bertz CT molecular complexity index is 4320. The van der Waals surface area contributed by atoms with Gasteiger partial charge in [0.05, 0.1) is 16.7 Å². The van der Waals surface area contributed by atoms with E-state index in [1.165, 1.54) is 92.7 Å². The Morgan fingerprint density at radius 1 is 0.222 bits per heavy atom. The van der Waals surface area contributed by atoms with Crippen molar-refractivity contribution in [2.45, 2.75) is 0 Å². The Morgan fingerprint density at radius 3 is 1.26 bits per heavy atom. The molecule has 0 bridgehead atoms. The zero-order chi connectivity index (χ0) is 47.5. The molecule has 0 amide bonds. The van der Waals surface area contributed by atoms with E-state index >= 15 is 0 Å². The van der Waals surface area contributed by atoms with Gasteiger partial charge < -0.3 is 9.47 Å². The van der Waals surface area contributed by atoms with Crippen molar-refractivity contribution in [2.24, 2.45) is 0 Å². The third-order valence-electron chi connectivity index (χ3n) is 14.8. The average Bonchev–Trinajstić information content (AvgIpc) is 3.80. The molecule has 0 aliphatic carbocycles. The summed E-state index contributed by atoms with van der Waals surface area (Å²) < 4.78 is 2.46. The van der Waals surface area contributed by atoms with Gasteiger partial charge in [0.2, 0.25) is 0 Å². The summed E-state index contributed by atoms with van der Waals surface area (Å²) in [5, 5.41) is 12.4. The molecule has 0 aliphatic rings. The summed E-state index contributed by atoms with van der Waals surface area (Å²) in [4.78, 5) is 2.42. The van der Waals surface area contributed by atoms with Gasteiger partial charge in [0.15, 0.2) is 0 Å².